The number of aromatic amines is 1. The van der Waals surface area contributed by atoms with Gasteiger partial charge in [0.25, 0.3) is 5.56 Å². The van der Waals surface area contributed by atoms with Crippen LogP contribution in [0.3, 0.4) is 0 Å². The number of thioether (sulfide) groups is 1. The van der Waals surface area contributed by atoms with Crippen LogP contribution < -0.4 is 5.56 Å². The maximum Gasteiger partial charge on any atom is 0.270 e. The molecule has 0 fully saturated rings. The van der Waals surface area contributed by atoms with Gasteiger partial charge in [-0.1, -0.05) is 56.8 Å². The van der Waals surface area contributed by atoms with Gasteiger partial charge in [-0.3, -0.25) is 4.79 Å². The Bertz CT molecular complexity index is 749. The van der Waals surface area contributed by atoms with Crippen LogP contribution in [0.25, 0.3) is 11.3 Å². The highest BCUT2D eigenvalue weighted by atomic mass is 32.2. The maximum absolute atomic E-state index is 11.9. The summed E-state index contributed by atoms with van der Waals surface area (Å²) in [7, 11) is 0. The summed E-state index contributed by atoms with van der Waals surface area (Å²) in [5.74, 6) is 0. The molecule has 1 aromatic carbocycles. The number of nitriles is 1. The average Bonchev–Trinajstić information content (AvgIpc) is 2.45. The fraction of sp³-hybridized carbons (Fsp3) is 0.312. The van der Waals surface area contributed by atoms with Gasteiger partial charge in [0.2, 0.25) is 0 Å². The van der Waals surface area contributed by atoms with Crippen LogP contribution in [0.4, 0.5) is 0 Å². The van der Waals surface area contributed by atoms with Crippen LogP contribution in [-0.2, 0) is 5.41 Å². The molecule has 108 valence electrons. The van der Waals surface area contributed by atoms with E-state index in [0.29, 0.717) is 10.9 Å². The molecule has 0 aliphatic heterocycles. The second-order valence-electron chi connectivity index (χ2n) is 5.74. The van der Waals surface area contributed by atoms with Crippen molar-refractivity contribution in [1.82, 2.24) is 9.97 Å². The molecule has 2 aromatic rings. The highest BCUT2D eigenvalue weighted by molar-refractivity contribution is 7.98. The number of hydrogen-bond donors (Lipinski definition) is 1. The molecule has 0 bridgehead atoms. The minimum Gasteiger partial charge on any atom is -0.300 e. The van der Waals surface area contributed by atoms with E-state index >= 15 is 0 Å². The molecular weight excluding hydrogens is 282 g/mol. The first kappa shape index (κ1) is 15.3. The van der Waals surface area contributed by atoms with Crippen LogP contribution in [-0.4, -0.2) is 16.2 Å². The predicted molar refractivity (Wildman–Crippen MR) is 85.5 cm³/mol. The third-order valence-electron chi connectivity index (χ3n) is 3.23. The summed E-state index contributed by atoms with van der Waals surface area (Å²) < 4.78 is 0. The Labute approximate surface area is 128 Å². The van der Waals surface area contributed by atoms with Crippen molar-refractivity contribution in [3.63, 3.8) is 0 Å². The molecule has 0 saturated carbocycles. The number of H-pyrrole nitrogens is 1. The number of hydrogen-bond acceptors (Lipinski definition) is 4. The molecule has 0 aliphatic carbocycles. The zero-order valence-electron chi connectivity index (χ0n) is 12.5. The maximum atomic E-state index is 11.9. The second kappa shape index (κ2) is 5.74. The third kappa shape index (κ3) is 3.17. The fourth-order valence-electron chi connectivity index (χ4n) is 1.99. The molecular formula is C16H17N3OS. The molecule has 4 nitrogen and oxygen atoms in total. The smallest absolute Gasteiger partial charge is 0.270 e. The lowest BCUT2D eigenvalue weighted by Crippen LogP contribution is -2.15. The van der Waals surface area contributed by atoms with Crippen LogP contribution >= 0.6 is 11.8 Å². The van der Waals surface area contributed by atoms with Gasteiger partial charge in [-0.05, 0) is 17.2 Å². The van der Waals surface area contributed by atoms with E-state index in [9.17, 15) is 10.1 Å². The largest absolute Gasteiger partial charge is 0.300 e. The number of aromatic nitrogens is 2. The van der Waals surface area contributed by atoms with E-state index in [1.54, 1.807) is 0 Å². The predicted octanol–water partition coefficient (Wildman–Crippen LogP) is 3.33. The first-order chi connectivity index (χ1) is 9.86. The average molecular weight is 299 g/mol. The summed E-state index contributed by atoms with van der Waals surface area (Å²) in [4.78, 5) is 18.9. The van der Waals surface area contributed by atoms with Crippen molar-refractivity contribution in [2.24, 2.45) is 0 Å². The minimum atomic E-state index is -0.397. The van der Waals surface area contributed by atoms with Crippen molar-refractivity contribution in [3.8, 4) is 17.3 Å². The molecule has 1 N–H and O–H groups in total. The Kier molecular flexibility index (Phi) is 4.19. The standard InChI is InChI=1S/C16H17N3OS/c1-16(2,3)11-7-5-10(6-8-11)13-12(9-17)14(20)19-15(18-13)21-4/h5-8H,1-4H3,(H,18,19,20). The van der Waals surface area contributed by atoms with Crippen LogP contribution in [0.15, 0.2) is 34.2 Å². The van der Waals surface area contributed by atoms with Crippen LogP contribution in [0.2, 0.25) is 0 Å². The van der Waals surface area contributed by atoms with Crippen molar-refractivity contribution in [1.29, 1.82) is 5.26 Å². The number of rotatable bonds is 2. The van der Waals surface area contributed by atoms with E-state index in [2.05, 4.69) is 30.7 Å². The fourth-order valence-corrected chi connectivity index (χ4v) is 2.37. The molecule has 21 heavy (non-hydrogen) atoms. The molecule has 0 saturated heterocycles. The molecule has 5 heteroatoms. The number of nitrogens with one attached hydrogen (secondary N) is 1. The van der Waals surface area contributed by atoms with Gasteiger partial charge in [0.1, 0.15) is 11.6 Å². The van der Waals surface area contributed by atoms with E-state index in [0.717, 1.165) is 5.56 Å². The summed E-state index contributed by atoms with van der Waals surface area (Å²) in [5, 5.41) is 9.70. The SMILES string of the molecule is CSc1nc(-c2ccc(C(C)(C)C)cc2)c(C#N)c(=O)[nH]1. The molecule has 1 heterocycles. The normalized spacial score (nSPS) is 11.2. The first-order valence-electron chi connectivity index (χ1n) is 6.56. The molecule has 0 amide bonds. The molecule has 0 atom stereocenters. The molecule has 0 aliphatic rings. The summed E-state index contributed by atoms with van der Waals surface area (Å²) in [6.45, 7) is 6.42. The molecule has 2 rings (SSSR count). The molecule has 0 radical (unpaired) electrons. The monoisotopic (exact) mass is 299 g/mol. The van der Waals surface area contributed by atoms with Crippen molar-refractivity contribution in [2.75, 3.05) is 6.26 Å². The van der Waals surface area contributed by atoms with Gasteiger partial charge in [-0.15, -0.1) is 0 Å². The van der Waals surface area contributed by atoms with Gasteiger partial charge in [-0.2, -0.15) is 5.26 Å². The minimum absolute atomic E-state index is 0.0521. The summed E-state index contributed by atoms with van der Waals surface area (Å²) in [5.41, 5.74) is 2.12. The van der Waals surface area contributed by atoms with E-state index in [4.69, 9.17) is 0 Å². The highest BCUT2D eigenvalue weighted by Gasteiger charge is 2.16. The third-order valence-corrected chi connectivity index (χ3v) is 3.81. The molecule has 0 spiro atoms. The van der Waals surface area contributed by atoms with Crippen LogP contribution in [0.5, 0.6) is 0 Å². The Balaban J connectivity index is 2.59. The van der Waals surface area contributed by atoms with Gasteiger partial charge >= 0.3 is 0 Å². The highest BCUT2D eigenvalue weighted by Crippen LogP contribution is 2.26. The van der Waals surface area contributed by atoms with Crippen molar-refractivity contribution in [3.05, 3.63) is 45.7 Å². The van der Waals surface area contributed by atoms with Gasteiger partial charge in [0.15, 0.2) is 5.16 Å². The van der Waals surface area contributed by atoms with Gasteiger partial charge in [0.05, 0.1) is 5.69 Å². The van der Waals surface area contributed by atoms with Gasteiger partial charge < -0.3 is 4.98 Å². The zero-order chi connectivity index (χ0) is 15.6. The Morgan fingerprint density at radius 2 is 1.86 bits per heavy atom. The number of benzene rings is 1. The van der Waals surface area contributed by atoms with Crippen LogP contribution in [0.1, 0.15) is 31.9 Å². The topological polar surface area (TPSA) is 69.5 Å². The van der Waals surface area contributed by atoms with Gasteiger partial charge in [-0.25, -0.2) is 4.98 Å². The van der Waals surface area contributed by atoms with Crippen molar-refractivity contribution >= 4 is 11.8 Å². The Morgan fingerprint density at radius 1 is 1.24 bits per heavy atom. The first-order valence-corrected chi connectivity index (χ1v) is 7.78. The number of nitrogens with zero attached hydrogens (tertiary/aromatic N) is 2. The lowest BCUT2D eigenvalue weighted by Gasteiger charge is -2.19. The summed E-state index contributed by atoms with van der Waals surface area (Å²) >= 11 is 1.34. The molecule has 0 unspecified atom stereocenters. The van der Waals surface area contributed by atoms with Crippen molar-refractivity contribution in [2.45, 2.75) is 31.3 Å². The molecule has 1 aromatic heterocycles. The Hall–Kier alpha value is -2.06. The van der Waals surface area contributed by atoms with Crippen LogP contribution in [0, 0.1) is 11.3 Å². The zero-order valence-corrected chi connectivity index (χ0v) is 13.3. The quantitative estimate of drug-likeness (QED) is 0.682. The second-order valence-corrected chi connectivity index (χ2v) is 6.53. The summed E-state index contributed by atoms with van der Waals surface area (Å²) in [6.07, 6.45) is 1.83. The van der Waals surface area contributed by atoms with E-state index in [1.807, 2.05) is 36.6 Å². The van der Waals surface area contributed by atoms with E-state index < -0.39 is 5.56 Å². The van der Waals surface area contributed by atoms with E-state index in [1.165, 1.54) is 17.3 Å². The van der Waals surface area contributed by atoms with E-state index in [-0.39, 0.29) is 11.0 Å². The lowest BCUT2D eigenvalue weighted by atomic mass is 9.86. The van der Waals surface area contributed by atoms with Gasteiger partial charge in [0, 0.05) is 5.56 Å². The summed E-state index contributed by atoms with van der Waals surface area (Å²) in [6, 6.07) is 9.79. The Morgan fingerprint density at radius 3 is 2.33 bits per heavy atom. The lowest BCUT2D eigenvalue weighted by molar-refractivity contribution is 0.590. The van der Waals surface area contributed by atoms with Crippen molar-refractivity contribution < 1.29 is 0 Å².